The molecule has 3 rings (SSSR count). The van der Waals surface area contributed by atoms with E-state index >= 15 is 0 Å². The lowest BCUT2D eigenvalue weighted by atomic mass is 10.1. The molecule has 2 aromatic rings. The lowest BCUT2D eigenvalue weighted by Gasteiger charge is -2.45. The molecular formula is C18H17ClN2O. The molecule has 0 saturated carbocycles. The van der Waals surface area contributed by atoms with Crippen LogP contribution in [0.2, 0.25) is 5.15 Å². The molecule has 0 spiro atoms. The van der Waals surface area contributed by atoms with Crippen molar-refractivity contribution in [2.45, 2.75) is 18.9 Å². The molecule has 2 unspecified atom stereocenters. The zero-order valence-corrected chi connectivity index (χ0v) is 12.9. The van der Waals surface area contributed by atoms with Crippen molar-refractivity contribution < 1.29 is 0 Å². The number of pyridine rings is 1. The number of benzene rings is 1. The summed E-state index contributed by atoms with van der Waals surface area (Å²) in [4.78, 5) is 4.30. The van der Waals surface area contributed by atoms with Gasteiger partial charge in [-0.15, -0.1) is 0 Å². The molecule has 0 aliphatic heterocycles. The third-order valence-electron chi connectivity index (χ3n) is 3.86. The third-order valence-corrected chi connectivity index (χ3v) is 4.07. The minimum absolute atomic E-state index is 0.233. The van der Waals surface area contributed by atoms with Crippen LogP contribution in [-0.2, 0) is 0 Å². The van der Waals surface area contributed by atoms with Crippen molar-refractivity contribution >= 4 is 23.1 Å². The maximum Gasteiger partial charge on any atom is 0.234 e. The molecule has 1 aromatic heterocycles. The molecule has 1 heterocycles. The number of rotatable bonds is 3. The predicted octanol–water partition coefficient (Wildman–Crippen LogP) is 5.15. The smallest absolute Gasteiger partial charge is 0.234 e. The highest BCUT2D eigenvalue weighted by atomic mass is 35.5. The van der Waals surface area contributed by atoms with Gasteiger partial charge in [0.25, 0.3) is 0 Å². The second-order valence-corrected chi connectivity index (χ2v) is 5.66. The van der Waals surface area contributed by atoms with Crippen molar-refractivity contribution in [3.8, 4) is 0 Å². The van der Waals surface area contributed by atoms with E-state index in [0.29, 0.717) is 16.7 Å². The molecule has 22 heavy (non-hydrogen) atoms. The van der Waals surface area contributed by atoms with Gasteiger partial charge < -0.3 is 5.21 Å². The summed E-state index contributed by atoms with van der Waals surface area (Å²) in [6.07, 6.45) is 9.60. The summed E-state index contributed by atoms with van der Waals surface area (Å²) in [6.45, 7) is 0. The van der Waals surface area contributed by atoms with Gasteiger partial charge in [-0.2, -0.15) is 4.98 Å². The Labute approximate surface area is 135 Å². The van der Waals surface area contributed by atoms with Gasteiger partial charge in [0.05, 0.1) is 0 Å². The number of para-hydroxylation sites is 1. The van der Waals surface area contributed by atoms with E-state index in [4.69, 9.17) is 11.6 Å². The first-order chi connectivity index (χ1) is 10.7. The van der Waals surface area contributed by atoms with Gasteiger partial charge in [0.2, 0.25) is 5.82 Å². The summed E-state index contributed by atoms with van der Waals surface area (Å²) >= 11 is 6.02. The number of allylic oxidation sites excluding steroid dienone is 3. The monoisotopic (exact) mass is 312 g/mol. The van der Waals surface area contributed by atoms with Crippen LogP contribution in [0.3, 0.4) is 0 Å². The lowest BCUT2D eigenvalue weighted by Crippen LogP contribution is -2.47. The van der Waals surface area contributed by atoms with Gasteiger partial charge in [-0.3, -0.25) is 4.65 Å². The van der Waals surface area contributed by atoms with Gasteiger partial charge in [-0.1, -0.05) is 54.1 Å². The van der Waals surface area contributed by atoms with Crippen LogP contribution in [0.5, 0.6) is 0 Å². The van der Waals surface area contributed by atoms with Gasteiger partial charge in [0.1, 0.15) is 16.9 Å². The minimum Gasteiger partial charge on any atom is -0.620 e. The molecule has 2 atom stereocenters. The van der Waals surface area contributed by atoms with Crippen molar-refractivity contribution in [3.63, 3.8) is 0 Å². The lowest BCUT2D eigenvalue weighted by molar-refractivity contribution is 0.402. The summed E-state index contributed by atoms with van der Waals surface area (Å²) in [5, 5.41) is 14.2. The maximum absolute atomic E-state index is 13.9. The van der Waals surface area contributed by atoms with E-state index in [1.54, 1.807) is 18.2 Å². The predicted molar refractivity (Wildman–Crippen MR) is 91.8 cm³/mol. The molecule has 112 valence electrons. The number of hydrogen-bond donors (Lipinski definition) is 0. The average molecular weight is 313 g/mol. The fraction of sp³-hybridized carbons (Fsp3) is 0.167. The van der Waals surface area contributed by atoms with Crippen LogP contribution in [-0.4, -0.2) is 11.0 Å². The first-order valence-corrected chi connectivity index (χ1v) is 7.71. The molecule has 1 aliphatic carbocycles. The normalized spacial score (nSPS) is 20.4. The standard InChI is InChI=1S/C18H17ClN2O/c19-17-13-8-14-18(20-17)21(22,16-11-6-3-7-12-16)15-9-4-1-2-5-10-15/h1-4,6-9,11-15H,5,10H2. The number of quaternary nitrogens is 1. The third kappa shape index (κ3) is 2.83. The Kier molecular flexibility index (Phi) is 4.39. The highest BCUT2D eigenvalue weighted by molar-refractivity contribution is 6.29. The Bertz CT molecular complexity index is 699. The molecule has 1 aromatic carbocycles. The second kappa shape index (κ2) is 6.44. The quantitative estimate of drug-likeness (QED) is 0.446. The first-order valence-electron chi connectivity index (χ1n) is 7.33. The van der Waals surface area contributed by atoms with Gasteiger partial charge in [0, 0.05) is 12.5 Å². The zero-order chi connectivity index (χ0) is 15.4. The number of aromatic nitrogens is 1. The second-order valence-electron chi connectivity index (χ2n) is 5.27. The van der Waals surface area contributed by atoms with Gasteiger partial charge in [0.15, 0.2) is 0 Å². The summed E-state index contributed by atoms with van der Waals surface area (Å²) in [5.74, 6) is 0.412. The van der Waals surface area contributed by atoms with Gasteiger partial charge in [-0.05, 0) is 30.7 Å². The average Bonchev–Trinajstić information content (AvgIpc) is 2.84. The van der Waals surface area contributed by atoms with Crippen molar-refractivity contribution in [3.05, 3.63) is 83.2 Å². The fourth-order valence-corrected chi connectivity index (χ4v) is 2.92. The van der Waals surface area contributed by atoms with E-state index in [1.165, 1.54) is 0 Å². The molecule has 0 fully saturated rings. The largest absolute Gasteiger partial charge is 0.620 e. The van der Waals surface area contributed by atoms with Crippen LogP contribution in [0, 0.1) is 5.21 Å². The van der Waals surface area contributed by atoms with Crippen LogP contribution >= 0.6 is 11.6 Å². The summed E-state index contributed by atoms with van der Waals surface area (Å²) in [5.41, 5.74) is 0.661. The minimum atomic E-state index is -0.625. The highest BCUT2D eigenvalue weighted by Gasteiger charge is 2.33. The molecule has 1 aliphatic rings. The number of hydrogen-bond acceptors (Lipinski definition) is 2. The Morgan fingerprint density at radius 1 is 1.05 bits per heavy atom. The topological polar surface area (TPSA) is 36.0 Å². The Balaban J connectivity index is 2.13. The van der Waals surface area contributed by atoms with Crippen LogP contribution < -0.4 is 4.65 Å². The molecule has 0 amide bonds. The number of nitrogens with zero attached hydrogens (tertiary/aromatic N) is 2. The van der Waals surface area contributed by atoms with Crippen molar-refractivity contribution in [1.29, 1.82) is 0 Å². The Morgan fingerprint density at radius 3 is 2.64 bits per heavy atom. The maximum atomic E-state index is 13.9. The van der Waals surface area contributed by atoms with Crippen molar-refractivity contribution in [1.82, 2.24) is 9.63 Å². The molecule has 0 N–H and O–H groups in total. The highest BCUT2D eigenvalue weighted by Crippen LogP contribution is 2.38. The number of halogens is 1. The molecule has 0 bridgehead atoms. The molecule has 0 radical (unpaired) electrons. The first kappa shape index (κ1) is 15.0. The van der Waals surface area contributed by atoms with E-state index in [9.17, 15) is 5.21 Å². The molecule has 0 saturated heterocycles. The summed E-state index contributed by atoms with van der Waals surface area (Å²) in [7, 11) is 0. The Morgan fingerprint density at radius 2 is 1.86 bits per heavy atom. The van der Waals surface area contributed by atoms with E-state index in [2.05, 4.69) is 11.1 Å². The SMILES string of the molecule is [O-][N+](c1ccccc1)(c1cccc(Cl)n1)C1C=CC=CCC1. The summed E-state index contributed by atoms with van der Waals surface area (Å²) in [6, 6.07) is 14.3. The van der Waals surface area contributed by atoms with Crippen LogP contribution in [0.25, 0.3) is 0 Å². The van der Waals surface area contributed by atoms with Crippen LogP contribution in [0.4, 0.5) is 11.5 Å². The number of hydroxylamine groups is 1. The molecule has 3 nitrogen and oxygen atoms in total. The van der Waals surface area contributed by atoms with Crippen molar-refractivity contribution in [2.24, 2.45) is 0 Å². The van der Waals surface area contributed by atoms with E-state index in [1.807, 2.05) is 48.6 Å². The zero-order valence-electron chi connectivity index (χ0n) is 12.1. The molecular weight excluding hydrogens is 296 g/mol. The van der Waals surface area contributed by atoms with Crippen LogP contribution in [0.15, 0.2) is 72.8 Å². The van der Waals surface area contributed by atoms with Gasteiger partial charge in [-0.25, -0.2) is 0 Å². The van der Waals surface area contributed by atoms with E-state index in [0.717, 1.165) is 12.8 Å². The van der Waals surface area contributed by atoms with Gasteiger partial charge >= 0.3 is 0 Å². The Hall–Kier alpha value is -1.94. The fourth-order valence-electron chi connectivity index (χ4n) is 2.76. The van der Waals surface area contributed by atoms with E-state index < -0.39 is 4.65 Å². The van der Waals surface area contributed by atoms with Crippen LogP contribution in [0.1, 0.15) is 12.8 Å². The molecule has 4 heteroatoms. The van der Waals surface area contributed by atoms with E-state index in [-0.39, 0.29) is 6.04 Å². The van der Waals surface area contributed by atoms with Crippen molar-refractivity contribution in [2.75, 3.05) is 0 Å². The summed E-state index contributed by atoms with van der Waals surface area (Å²) < 4.78 is -0.625.